The first-order chi connectivity index (χ1) is 12.6. The third-order valence-corrected chi connectivity index (χ3v) is 4.34. The van der Waals surface area contributed by atoms with Gasteiger partial charge in [-0.25, -0.2) is 0 Å². The number of ether oxygens (including phenoxy) is 3. The van der Waals surface area contributed by atoms with Gasteiger partial charge in [-0.3, -0.25) is 0 Å². The van der Waals surface area contributed by atoms with E-state index in [0.29, 0.717) is 17.8 Å². The number of para-hydroxylation sites is 1. The van der Waals surface area contributed by atoms with Gasteiger partial charge in [-0.2, -0.15) is 0 Å². The summed E-state index contributed by atoms with van der Waals surface area (Å²) in [7, 11) is 0. The van der Waals surface area contributed by atoms with Crippen LogP contribution in [0.25, 0.3) is 5.57 Å². The Hall–Kier alpha value is -2.08. The molecular weight excluding hydrogens is 332 g/mol. The summed E-state index contributed by atoms with van der Waals surface area (Å²) in [6, 6.07) is 7.09. The molecule has 5 heteroatoms. The highest BCUT2D eigenvalue weighted by Gasteiger charge is 2.26. The summed E-state index contributed by atoms with van der Waals surface area (Å²) in [6.45, 7) is 7.29. The number of allylic oxidation sites excluding steroid dienone is 5. The molecule has 0 spiro atoms. The third-order valence-electron chi connectivity index (χ3n) is 4.34. The predicted octanol–water partition coefficient (Wildman–Crippen LogP) is 3.76. The molecule has 2 unspecified atom stereocenters. The Kier molecular flexibility index (Phi) is 6.14. The van der Waals surface area contributed by atoms with Crippen LogP contribution < -0.4 is 0 Å². The Morgan fingerprint density at radius 3 is 2.23 bits per heavy atom. The number of benzene rings is 1. The van der Waals surface area contributed by atoms with Gasteiger partial charge in [0.2, 0.25) is 0 Å². The lowest BCUT2D eigenvalue weighted by Crippen LogP contribution is -2.06. The highest BCUT2D eigenvalue weighted by atomic mass is 16.6. The summed E-state index contributed by atoms with van der Waals surface area (Å²) in [5.74, 6) is 0.414. The zero-order valence-corrected chi connectivity index (χ0v) is 15.3. The first-order valence-corrected chi connectivity index (χ1v) is 8.92. The molecule has 0 saturated carbocycles. The van der Waals surface area contributed by atoms with Crippen molar-refractivity contribution in [2.75, 3.05) is 26.4 Å². The Bertz CT molecular complexity index is 708. The molecule has 140 valence electrons. The quantitative estimate of drug-likeness (QED) is 0.784. The van der Waals surface area contributed by atoms with Crippen molar-refractivity contribution in [3.8, 4) is 5.75 Å². The normalized spacial score (nSPS) is 23.4. The van der Waals surface area contributed by atoms with Crippen molar-refractivity contribution in [3.63, 3.8) is 0 Å². The maximum Gasteiger partial charge on any atom is 0.123 e. The number of epoxide rings is 2. The number of aliphatic hydroxyl groups is 1. The minimum Gasteiger partial charge on any atom is -0.507 e. The number of phenols is 1. The average Bonchev–Trinajstić information content (AvgIpc) is 3.51. The molecule has 1 aromatic carbocycles. The lowest BCUT2D eigenvalue weighted by Gasteiger charge is -2.18. The molecule has 2 aliphatic heterocycles. The lowest BCUT2D eigenvalue weighted by atomic mass is 9.88. The number of rotatable bonds is 5. The number of aromatic hydroxyl groups is 1. The van der Waals surface area contributed by atoms with Crippen LogP contribution in [0.3, 0.4) is 0 Å². The molecule has 2 fully saturated rings. The zero-order valence-electron chi connectivity index (χ0n) is 15.3. The van der Waals surface area contributed by atoms with Crippen LogP contribution in [0.5, 0.6) is 5.75 Å². The third kappa shape index (κ3) is 5.21. The van der Waals surface area contributed by atoms with Crippen molar-refractivity contribution in [1.29, 1.82) is 0 Å². The topological polar surface area (TPSA) is 74.8 Å². The maximum absolute atomic E-state index is 10.0. The van der Waals surface area contributed by atoms with E-state index in [2.05, 4.69) is 0 Å². The second kappa shape index (κ2) is 8.54. The average molecular weight is 358 g/mol. The maximum atomic E-state index is 10.0. The SMILES string of the molecule is C(OCC1CO1)C1CO1.CC(C)=C1CC=CC(O)=C1c1ccccc1O. The molecule has 1 aromatic rings. The largest absolute Gasteiger partial charge is 0.507 e. The number of phenolic OH excluding ortho intramolecular Hbond substituents is 1. The van der Waals surface area contributed by atoms with Crippen LogP contribution in [0, 0.1) is 0 Å². The van der Waals surface area contributed by atoms with E-state index in [1.807, 2.05) is 32.1 Å². The molecule has 0 aromatic heterocycles. The molecule has 2 atom stereocenters. The fourth-order valence-electron chi connectivity index (χ4n) is 2.73. The zero-order chi connectivity index (χ0) is 18.5. The summed E-state index contributed by atoms with van der Waals surface area (Å²) in [5.41, 5.74) is 3.65. The van der Waals surface area contributed by atoms with E-state index in [9.17, 15) is 10.2 Å². The van der Waals surface area contributed by atoms with Gasteiger partial charge in [-0.15, -0.1) is 0 Å². The van der Waals surface area contributed by atoms with Crippen molar-refractivity contribution in [3.05, 3.63) is 58.9 Å². The van der Waals surface area contributed by atoms with Gasteiger partial charge >= 0.3 is 0 Å². The van der Waals surface area contributed by atoms with Gasteiger partial charge in [0.15, 0.2) is 0 Å². The highest BCUT2D eigenvalue weighted by molar-refractivity contribution is 5.86. The van der Waals surface area contributed by atoms with E-state index < -0.39 is 0 Å². The van der Waals surface area contributed by atoms with Gasteiger partial charge in [0.05, 0.1) is 26.4 Å². The van der Waals surface area contributed by atoms with Crippen molar-refractivity contribution in [2.24, 2.45) is 0 Å². The molecule has 4 rings (SSSR count). The molecule has 3 aliphatic rings. The first-order valence-electron chi connectivity index (χ1n) is 8.92. The van der Waals surface area contributed by atoms with Gasteiger partial charge in [0.1, 0.15) is 23.7 Å². The molecule has 26 heavy (non-hydrogen) atoms. The van der Waals surface area contributed by atoms with E-state index in [-0.39, 0.29) is 11.5 Å². The summed E-state index contributed by atoms with van der Waals surface area (Å²) in [5, 5.41) is 19.9. The predicted molar refractivity (Wildman–Crippen MR) is 100 cm³/mol. The number of aliphatic hydroxyl groups excluding tert-OH is 1. The van der Waals surface area contributed by atoms with Crippen LogP contribution in [0.4, 0.5) is 0 Å². The Labute approximate surface area is 154 Å². The van der Waals surface area contributed by atoms with Crippen LogP contribution in [0.2, 0.25) is 0 Å². The second-order valence-electron chi connectivity index (χ2n) is 6.81. The monoisotopic (exact) mass is 358 g/mol. The van der Waals surface area contributed by atoms with Crippen LogP contribution in [-0.2, 0) is 14.2 Å². The second-order valence-corrected chi connectivity index (χ2v) is 6.81. The fourth-order valence-corrected chi connectivity index (χ4v) is 2.73. The van der Waals surface area contributed by atoms with Gasteiger partial charge < -0.3 is 24.4 Å². The van der Waals surface area contributed by atoms with Crippen molar-refractivity contribution < 1.29 is 24.4 Å². The number of hydrogen-bond donors (Lipinski definition) is 2. The standard InChI is InChI=1S/C15H16O2.C6H10O3/c1-10(2)11-7-5-9-14(17)15(11)12-6-3-4-8-13(12)16;1(5-3-8-5)7-2-6-4-9-6/h3-6,8-9,16-17H,7H2,1-2H3;5-6H,1-4H2. The van der Waals surface area contributed by atoms with E-state index in [4.69, 9.17) is 14.2 Å². The molecule has 2 saturated heterocycles. The van der Waals surface area contributed by atoms with Crippen molar-refractivity contribution in [2.45, 2.75) is 32.5 Å². The van der Waals surface area contributed by atoms with Crippen LogP contribution in [-0.4, -0.2) is 48.8 Å². The molecule has 0 bridgehead atoms. The summed E-state index contributed by atoms with van der Waals surface area (Å²) < 4.78 is 15.1. The van der Waals surface area contributed by atoms with Gasteiger partial charge in [0.25, 0.3) is 0 Å². The van der Waals surface area contributed by atoms with Crippen LogP contribution in [0.1, 0.15) is 25.8 Å². The minimum atomic E-state index is 0.197. The first kappa shape index (κ1) is 18.7. The van der Waals surface area contributed by atoms with Gasteiger partial charge in [-0.1, -0.05) is 29.8 Å². The van der Waals surface area contributed by atoms with E-state index >= 15 is 0 Å². The summed E-state index contributed by atoms with van der Waals surface area (Å²) in [4.78, 5) is 0. The lowest BCUT2D eigenvalue weighted by molar-refractivity contribution is 0.102. The van der Waals surface area contributed by atoms with E-state index in [1.54, 1.807) is 18.2 Å². The molecule has 2 heterocycles. The Balaban J connectivity index is 0.000000181. The Morgan fingerprint density at radius 1 is 1.08 bits per heavy atom. The molecule has 2 N–H and O–H groups in total. The smallest absolute Gasteiger partial charge is 0.123 e. The Morgan fingerprint density at radius 2 is 1.69 bits per heavy atom. The highest BCUT2D eigenvalue weighted by Crippen LogP contribution is 2.37. The van der Waals surface area contributed by atoms with E-state index in [0.717, 1.165) is 49.6 Å². The van der Waals surface area contributed by atoms with Crippen molar-refractivity contribution >= 4 is 5.57 Å². The van der Waals surface area contributed by atoms with Crippen LogP contribution >= 0.6 is 0 Å². The molecule has 0 radical (unpaired) electrons. The summed E-state index contributed by atoms with van der Waals surface area (Å²) >= 11 is 0. The minimum absolute atomic E-state index is 0.197. The van der Waals surface area contributed by atoms with Crippen LogP contribution in [0.15, 0.2) is 53.3 Å². The molecule has 1 aliphatic carbocycles. The summed E-state index contributed by atoms with van der Waals surface area (Å²) in [6.07, 6.45) is 5.19. The van der Waals surface area contributed by atoms with Gasteiger partial charge in [-0.05, 0) is 38.0 Å². The number of hydrogen-bond acceptors (Lipinski definition) is 5. The molecular formula is C21H26O5. The van der Waals surface area contributed by atoms with Gasteiger partial charge in [0, 0.05) is 11.1 Å². The fraction of sp³-hybridized carbons (Fsp3) is 0.429. The van der Waals surface area contributed by atoms with Crippen molar-refractivity contribution in [1.82, 2.24) is 0 Å². The molecule has 0 amide bonds. The van der Waals surface area contributed by atoms with E-state index in [1.165, 1.54) is 0 Å². The molecule has 5 nitrogen and oxygen atoms in total.